The van der Waals surface area contributed by atoms with Crippen molar-refractivity contribution in [3.05, 3.63) is 42.2 Å². The van der Waals surface area contributed by atoms with E-state index in [0.717, 1.165) is 17.8 Å². The molecule has 0 N–H and O–H groups in total. The maximum absolute atomic E-state index is 13.9. The molecule has 8 nitrogen and oxygen atoms in total. The van der Waals surface area contributed by atoms with Crippen LogP contribution >= 0.6 is 23.7 Å². The molecule has 1 saturated heterocycles. The first-order valence-corrected chi connectivity index (χ1v) is 12.8. The zero-order chi connectivity index (χ0) is 25.8. The topological polar surface area (TPSA) is 75.2 Å². The third-order valence-electron chi connectivity index (χ3n) is 6.54. The molecule has 0 spiro atoms. The van der Waals surface area contributed by atoms with E-state index in [4.69, 9.17) is 14.5 Å². The summed E-state index contributed by atoms with van der Waals surface area (Å²) in [6.07, 6.45) is 0.0928. The van der Waals surface area contributed by atoms with Crippen molar-refractivity contribution in [3.8, 4) is 11.5 Å². The number of thiazole rings is 1. The molecule has 11 heteroatoms. The summed E-state index contributed by atoms with van der Waals surface area (Å²) >= 11 is 1.37. The molecule has 1 aliphatic heterocycles. The Morgan fingerprint density at radius 2 is 1.73 bits per heavy atom. The van der Waals surface area contributed by atoms with Gasteiger partial charge in [0.15, 0.2) is 5.13 Å². The van der Waals surface area contributed by atoms with Crippen LogP contribution in [0, 0.1) is 11.7 Å². The molecular weight excluding hydrogens is 519 g/mol. The van der Waals surface area contributed by atoms with Crippen LogP contribution in [0.15, 0.2) is 36.4 Å². The van der Waals surface area contributed by atoms with E-state index in [9.17, 15) is 14.0 Å². The lowest BCUT2D eigenvalue weighted by molar-refractivity contribution is -0.124. The van der Waals surface area contributed by atoms with Crippen LogP contribution in [0.3, 0.4) is 0 Å². The molecule has 1 aliphatic rings. The van der Waals surface area contributed by atoms with Crippen LogP contribution in [0.2, 0.25) is 0 Å². The summed E-state index contributed by atoms with van der Waals surface area (Å²) in [6.45, 7) is 7.24. The molecule has 1 fully saturated rings. The molecule has 2 aromatic carbocycles. The van der Waals surface area contributed by atoms with Gasteiger partial charge in [0, 0.05) is 31.7 Å². The number of anilines is 2. The minimum absolute atomic E-state index is 0. The summed E-state index contributed by atoms with van der Waals surface area (Å²) in [5, 5.41) is 0.539. The van der Waals surface area contributed by atoms with Gasteiger partial charge in [-0.05, 0) is 49.5 Å². The lowest BCUT2D eigenvalue weighted by Gasteiger charge is -2.26. The smallest absolute Gasteiger partial charge is 0.234 e. The van der Waals surface area contributed by atoms with Crippen molar-refractivity contribution in [3.63, 3.8) is 0 Å². The van der Waals surface area contributed by atoms with E-state index < -0.39 is 5.92 Å². The molecule has 0 radical (unpaired) electrons. The monoisotopic (exact) mass is 550 g/mol. The molecule has 1 atom stereocenters. The van der Waals surface area contributed by atoms with Crippen LogP contribution in [-0.4, -0.2) is 68.6 Å². The van der Waals surface area contributed by atoms with Crippen LogP contribution in [0.4, 0.5) is 15.2 Å². The number of amides is 2. The van der Waals surface area contributed by atoms with E-state index in [0.29, 0.717) is 40.9 Å². The Kier molecular flexibility index (Phi) is 9.69. The Balaban J connectivity index is 0.00000380. The van der Waals surface area contributed by atoms with Crippen molar-refractivity contribution in [1.29, 1.82) is 0 Å². The third kappa shape index (κ3) is 5.97. The summed E-state index contributed by atoms with van der Waals surface area (Å²) in [5.41, 5.74) is 1.22. The highest BCUT2D eigenvalue weighted by molar-refractivity contribution is 7.22. The molecule has 4 rings (SSSR count). The van der Waals surface area contributed by atoms with Gasteiger partial charge in [-0.1, -0.05) is 25.2 Å². The van der Waals surface area contributed by atoms with Crippen LogP contribution in [0.5, 0.6) is 11.5 Å². The van der Waals surface area contributed by atoms with Crippen molar-refractivity contribution < 1.29 is 23.5 Å². The molecule has 0 bridgehead atoms. The highest BCUT2D eigenvalue weighted by atomic mass is 35.5. The number of fused-ring (bicyclic) bond motifs is 1. The number of hydrogen-bond donors (Lipinski definition) is 0. The standard InChI is InChI=1S/C26H31FN4O4S.ClH/c1-5-29(6-2)13-14-30(26-28-23-20(34-3)11-12-21(35-4)24(23)36-26)25(33)17-15-22(32)31(16-17)19-9-7-18(27)8-10-19;/h7-12,17H,5-6,13-16H2,1-4H3;1H. The number of rotatable bonds is 10. The van der Waals surface area contributed by atoms with Gasteiger partial charge >= 0.3 is 0 Å². The number of halogens is 2. The van der Waals surface area contributed by atoms with Crippen LogP contribution in [-0.2, 0) is 9.59 Å². The van der Waals surface area contributed by atoms with E-state index >= 15 is 0 Å². The Morgan fingerprint density at radius 3 is 2.35 bits per heavy atom. The molecule has 1 aromatic heterocycles. The minimum Gasteiger partial charge on any atom is -0.495 e. The molecule has 1 unspecified atom stereocenters. The van der Waals surface area contributed by atoms with E-state index in [1.165, 1.54) is 23.5 Å². The number of methoxy groups -OCH3 is 2. The second-order valence-corrected chi connectivity index (χ2v) is 9.52. The molecule has 2 amide bonds. The average Bonchev–Trinajstić information content (AvgIpc) is 3.50. The van der Waals surface area contributed by atoms with Gasteiger partial charge in [-0.3, -0.25) is 14.5 Å². The highest BCUT2D eigenvalue weighted by Crippen LogP contribution is 2.40. The number of carbonyl (C=O) groups is 2. The lowest BCUT2D eigenvalue weighted by Crippen LogP contribution is -2.42. The maximum Gasteiger partial charge on any atom is 0.234 e. The first-order valence-electron chi connectivity index (χ1n) is 12.0. The van der Waals surface area contributed by atoms with Gasteiger partial charge in [0.1, 0.15) is 27.5 Å². The number of benzene rings is 2. The first kappa shape index (κ1) is 28.6. The van der Waals surface area contributed by atoms with Gasteiger partial charge in [0.25, 0.3) is 0 Å². The number of carbonyl (C=O) groups excluding carboxylic acids is 2. The Bertz CT molecular complexity index is 1190. The van der Waals surface area contributed by atoms with E-state index in [1.807, 2.05) is 6.07 Å². The van der Waals surface area contributed by atoms with Crippen molar-refractivity contribution in [2.24, 2.45) is 5.92 Å². The SMILES string of the molecule is CCN(CC)CCN(C(=O)C1CC(=O)N(c2ccc(F)cc2)C1)c1nc2c(OC)ccc(OC)c2s1.Cl. The van der Waals surface area contributed by atoms with Crippen LogP contribution < -0.4 is 19.3 Å². The van der Waals surface area contributed by atoms with E-state index in [-0.39, 0.29) is 43.0 Å². The minimum atomic E-state index is -0.532. The summed E-state index contributed by atoms with van der Waals surface area (Å²) in [4.78, 5) is 36.9. The number of ether oxygens (including phenoxy) is 2. The van der Waals surface area contributed by atoms with E-state index in [1.54, 1.807) is 42.2 Å². The first-order chi connectivity index (χ1) is 17.4. The fourth-order valence-electron chi connectivity index (χ4n) is 4.44. The molecular formula is C26H32ClFN4O4S. The number of aromatic nitrogens is 1. The van der Waals surface area contributed by atoms with Gasteiger partial charge in [0.05, 0.1) is 20.1 Å². The van der Waals surface area contributed by atoms with Crippen molar-refractivity contribution in [2.45, 2.75) is 20.3 Å². The zero-order valence-electron chi connectivity index (χ0n) is 21.4. The highest BCUT2D eigenvalue weighted by Gasteiger charge is 2.38. The number of hydrogen-bond acceptors (Lipinski definition) is 7. The van der Waals surface area contributed by atoms with Crippen LogP contribution in [0.25, 0.3) is 10.2 Å². The predicted octanol–water partition coefficient (Wildman–Crippen LogP) is 4.60. The quantitative estimate of drug-likeness (QED) is 0.367. The Labute approximate surface area is 226 Å². The summed E-state index contributed by atoms with van der Waals surface area (Å²) in [6, 6.07) is 9.37. The van der Waals surface area contributed by atoms with Crippen molar-refractivity contribution in [2.75, 3.05) is 56.7 Å². The maximum atomic E-state index is 13.9. The second-order valence-electron chi connectivity index (χ2n) is 8.54. The predicted molar refractivity (Wildman–Crippen MR) is 147 cm³/mol. The zero-order valence-corrected chi connectivity index (χ0v) is 23.0. The lowest BCUT2D eigenvalue weighted by atomic mass is 10.1. The van der Waals surface area contributed by atoms with Crippen LogP contribution in [0.1, 0.15) is 20.3 Å². The van der Waals surface area contributed by atoms with Gasteiger partial charge in [0.2, 0.25) is 11.8 Å². The largest absolute Gasteiger partial charge is 0.495 e. The normalized spacial score (nSPS) is 15.2. The van der Waals surface area contributed by atoms with Gasteiger partial charge in [-0.25, -0.2) is 9.37 Å². The molecule has 200 valence electrons. The molecule has 0 saturated carbocycles. The molecule has 3 aromatic rings. The van der Waals surface area contributed by atoms with Gasteiger partial charge in [-0.15, -0.1) is 12.4 Å². The second kappa shape index (κ2) is 12.5. The molecule has 37 heavy (non-hydrogen) atoms. The molecule has 0 aliphatic carbocycles. The summed E-state index contributed by atoms with van der Waals surface area (Å²) < 4.78 is 25.2. The van der Waals surface area contributed by atoms with Gasteiger partial charge in [-0.2, -0.15) is 0 Å². The third-order valence-corrected chi connectivity index (χ3v) is 7.64. The molecule has 2 heterocycles. The average molecular weight is 551 g/mol. The van der Waals surface area contributed by atoms with Crippen molar-refractivity contribution in [1.82, 2.24) is 9.88 Å². The number of nitrogens with zero attached hydrogens (tertiary/aromatic N) is 4. The van der Waals surface area contributed by atoms with E-state index in [2.05, 4.69) is 18.7 Å². The fourth-order valence-corrected chi connectivity index (χ4v) is 5.54. The summed E-state index contributed by atoms with van der Waals surface area (Å²) in [5.74, 6) is 0.0398. The van der Waals surface area contributed by atoms with Gasteiger partial charge < -0.3 is 19.3 Å². The summed E-state index contributed by atoms with van der Waals surface area (Å²) in [7, 11) is 3.18. The fraction of sp³-hybridized carbons (Fsp3) is 0.423. The number of likely N-dealkylation sites (N-methyl/N-ethyl adjacent to an activating group) is 1. The Morgan fingerprint density at radius 1 is 1.08 bits per heavy atom. The Hall–Kier alpha value is -2.95. The van der Waals surface area contributed by atoms with Crippen molar-refractivity contribution >= 4 is 56.6 Å².